The van der Waals surface area contributed by atoms with Crippen molar-refractivity contribution < 1.29 is 9.90 Å². The van der Waals surface area contributed by atoms with Gasteiger partial charge in [0.1, 0.15) is 5.65 Å². The second-order valence-corrected chi connectivity index (χ2v) is 5.98. The molecule has 5 heteroatoms. The van der Waals surface area contributed by atoms with Crippen molar-refractivity contribution in [1.82, 2.24) is 14.7 Å². The number of aromatic nitrogens is 2. The third kappa shape index (κ3) is 4.04. The van der Waals surface area contributed by atoms with E-state index < -0.39 is 5.97 Å². The molecule has 114 valence electrons. The predicted molar refractivity (Wildman–Crippen MR) is 82.2 cm³/mol. The number of aryl methyl sites for hydroxylation is 1. The molecule has 0 bridgehead atoms. The van der Waals surface area contributed by atoms with E-state index in [2.05, 4.69) is 10.3 Å². The van der Waals surface area contributed by atoms with Gasteiger partial charge in [-0.3, -0.25) is 4.79 Å². The zero-order chi connectivity index (χ0) is 15.4. The molecule has 2 aromatic heterocycles. The van der Waals surface area contributed by atoms with Crippen LogP contribution in [0.4, 0.5) is 0 Å². The average molecular weight is 289 g/mol. The Morgan fingerprint density at radius 2 is 2.24 bits per heavy atom. The topological polar surface area (TPSA) is 66.6 Å². The summed E-state index contributed by atoms with van der Waals surface area (Å²) in [6, 6.07) is 4.07. The molecule has 0 aliphatic rings. The van der Waals surface area contributed by atoms with E-state index in [1.54, 1.807) is 0 Å². The maximum Gasteiger partial charge on any atom is 0.307 e. The highest BCUT2D eigenvalue weighted by Gasteiger charge is 2.18. The van der Waals surface area contributed by atoms with Crippen molar-refractivity contribution in [2.45, 2.75) is 33.7 Å². The van der Waals surface area contributed by atoms with E-state index in [-0.39, 0.29) is 5.92 Å². The summed E-state index contributed by atoms with van der Waals surface area (Å²) in [4.78, 5) is 15.6. The van der Waals surface area contributed by atoms with Crippen molar-refractivity contribution >= 4 is 11.6 Å². The van der Waals surface area contributed by atoms with Crippen molar-refractivity contribution in [3.63, 3.8) is 0 Å². The molecule has 2 rings (SSSR count). The van der Waals surface area contributed by atoms with Crippen molar-refractivity contribution in [2.24, 2.45) is 11.8 Å². The molecule has 0 saturated heterocycles. The van der Waals surface area contributed by atoms with Gasteiger partial charge in [0.05, 0.1) is 17.8 Å². The highest BCUT2D eigenvalue weighted by Crippen LogP contribution is 2.12. The van der Waals surface area contributed by atoms with Crippen LogP contribution in [0.1, 0.15) is 31.5 Å². The van der Waals surface area contributed by atoms with Gasteiger partial charge >= 0.3 is 5.97 Å². The largest absolute Gasteiger partial charge is 0.481 e. The van der Waals surface area contributed by atoms with Crippen molar-refractivity contribution in [3.8, 4) is 0 Å². The molecule has 0 saturated carbocycles. The molecule has 0 aromatic carbocycles. The van der Waals surface area contributed by atoms with E-state index in [1.165, 1.54) is 5.56 Å². The first-order valence-electron chi connectivity index (χ1n) is 7.33. The molecule has 1 atom stereocenters. The van der Waals surface area contributed by atoms with E-state index >= 15 is 0 Å². The number of aliphatic carboxylic acids is 1. The van der Waals surface area contributed by atoms with Gasteiger partial charge in [-0.25, -0.2) is 4.98 Å². The van der Waals surface area contributed by atoms with Gasteiger partial charge in [-0.1, -0.05) is 13.8 Å². The molecular formula is C16H23N3O2. The molecule has 5 nitrogen and oxygen atoms in total. The second kappa shape index (κ2) is 6.72. The molecule has 1 unspecified atom stereocenters. The van der Waals surface area contributed by atoms with Crippen molar-refractivity contribution in [1.29, 1.82) is 0 Å². The Morgan fingerprint density at radius 3 is 2.90 bits per heavy atom. The molecule has 0 fully saturated rings. The van der Waals surface area contributed by atoms with E-state index in [1.807, 2.05) is 49.7 Å². The fraction of sp³-hybridized carbons (Fsp3) is 0.500. The Bertz CT molecular complexity index is 619. The molecule has 2 N–H and O–H groups in total. The van der Waals surface area contributed by atoms with Crippen LogP contribution >= 0.6 is 0 Å². The first kappa shape index (κ1) is 15.5. The number of hydrogen-bond donors (Lipinski definition) is 2. The lowest BCUT2D eigenvalue weighted by Gasteiger charge is -2.15. The minimum atomic E-state index is -0.732. The number of carboxylic acid groups (broad SMARTS) is 1. The molecule has 0 radical (unpaired) electrons. The Morgan fingerprint density at radius 1 is 1.48 bits per heavy atom. The molecule has 21 heavy (non-hydrogen) atoms. The number of nitrogens with zero attached hydrogens (tertiary/aromatic N) is 2. The fourth-order valence-electron chi connectivity index (χ4n) is 2.48. The van der Waals surface area contributed by atoms with Gasteiger partial charge in [-0.2, -0.15) is 0 Å². The van der Waals surface area contributed by atoms with Gasteiger partial charge in [0.25, 0.3) is 0 Å². The summed E-state index contributed by atoms with van der Waals surface area (Å²) in [6.07, 6.45) is 4.52. The maximum absolute atomic E-state index is 11.2. The average Bonchev–Trinajstić information content (AvgIpc) is 2.79. The predicted octanol–water partition coefficient (Wildman–Crippen LogP) is 2.48. The zero-order valence-corrected chi connectivity index (χ0v) is 12.8. The van der Waals surface area contributed by atoms with Gasteiger partial charge < -0.3 is 14.8 Å². The lowest BCUT2D eigenvalue weighted by Crippen LogP contribution is -2.29. The molecule has 0 spiro atoms. The van der Waals surface area contributed by atoms with Crippen LogP contribution in [-0.4, -0.2) is 27.0 Å². The summed E-state index contributed by atoms with van der Waals surface area (Å²) in [6.45, 7) is 7.22. The lowest BCUT2D eigenvalue weighted by molar-refractivity contribution is -0.142. The molecule has 2 heterocycles. The number of pyridine rings is 1. The fourth-order valence-corrected chi connectivity index (χ4v) is 2.48. The number of hydrogen-bond acceptors (Lipinski definition) is 3. The second-order valence-electron chi connectivity index (χ2n) is 5.98. The summed E-state index contributed by atoms with van der Waals surface area (Å²) >= 11 is 0. The van der Waals surface area contributed by atoms with Crippen molar-refractivity contribution in [3.05, 3.63) is 35.8 Å². The van der Waals surface area contributed by atoms with Gasteiger partial charge in [0, 0.05) is 19.3 Å². The summed E-state index contributed by atoms with van der Waals surface area (Å²) in [5.74, 6) is -0.692. The Hall–Kier alpha value is -1.88. The first-order valence-corrected chi connectivity index (χ1v) is 7.33. The quantitative estimate of drug-likeness (QED) is 0.822. The molecule has 2 aromatic rings. The van der Waals surface area contributed by atoms with Crippen molar-refractivity contribution in [2.75, 3.05) is 6.54 Å². The lowest BCUT2D eigenvalue weighted by atomic mass is 9.97. The van der Waals surface area contributed by atoms with Gasteiger partial charge in [-0.05, 0) is 37.0 Å². The number of imidazole rings is 1. The van der Waals surface area contributed by atoms with E-state index in [0.717, 1.165) is 11.3 Å². The van der Waals surface area contributed by atoms with E-state index in [0.29, 0.717) is 25.4 Å². The monoisotopic (exact) mass is 289 g/mol. The van der Waals surface area contributed by atoms with Crippen LogP contribution in [0.15, 0.2) is 24.5 Å². The van der Waals surface area contributed by atoms with Crippen LogP contribution in [0, 0.1) is 18.8 Å². The van der Waals surface area contributed by atoms with Crippen LogP contribution in [0.5, 0.6) is 0 Å². The summed E-state index contributed by atoms with van der Waals surface area (Å²) in [7, 11) is 0. The Kier molecular flexibility index (Phi) is 4.96. The third-order valence-corrected chi connectivity index (χ3v) is 3.55. The van der Waals surface area contributed by atoms with Crippen LogP contribution in [0.3, 0.4) is 0 Å². The third-order valence-electron chi connectivity index (χ3n) is 3.55. The number of nitrogens with one attached hydrogen (secondary N) is 1. The molecule has 0 aliphatic carbocycles. The summed E-state index contributed by atoms with van der Waals surface area (Å²) < 4.78 is 2.03. The minimum Gasteiger partial charge on any atom is -0.481 e. The maximum atomic E-state index is 11.2. The standard InChI is InChI=1S/C16H23N3O2/c1-11(2)6-13(16(20)21)8-17-9-14-10-18-15-7-12(3)4-5-19(14)15/h4-5,7,10-11,13,17H,6,8-9H2,1-3H3,(H,20,21). The SMILES string of the molecule is Cc1ccn2c(CNCC(CC(C)C)C(=O)O)cnc2c1. The van der Waals surface area contributed by atoms with Crippen LogP contribution in [0.25, 0.3) is 5.65 Å². The Labute approximate surface area is 125 Å². The highest BCUT2D eigenvalue weighted by atomic mass is 16.4. The zero-order valence-electron chi connectivity index (χ0n) is 12.8. The number of fused-ring (bicyclic) bond motifs is 1. The van der Waals surface area contributed by atoms with Crippen LogP contribution < -0.4 is 5.32 Å². The number of carbonyl (C=O) groups is 1. The van der Waals surface area contributed by atoms with Gasteiger partial charge in [-0.15, -0.1) is 0 Å². The summed E-state index contributed by atoms with van der Waals surface area (Å²) in [5, 5.41) is 12.5. The highest BCUT2D eigenvalue weighted by molar-refractivity contribution is 5.70. The smallest absolute Gasteiger partial charge is 0.307 e. The molecule has 0 aliphatic heterocycles. The number of carboxylic acids is 1. The van der Waals surface area contributed by atoms with E-state index in [4.69, 9.17) is 0 Å². The van der Waals surface area contributed by atoms with Gasteiger partial charge in [0.15, 0.2) is 0 Å². The van der Waals surface area contributed by atoms with Gasteiger partial charge in [0.2, 0.25) is 0 Å². The van der Waals surface area contributed by atoms with Crippen LogP contribution in [0.2, 0.25) is 0 Å². The molecule has 0 amide bonds. The Balaban J connectivity index is 1.96. The molecular weight excluding hydrogens is 266 g/mol. The summed E-state index contributed by atoms with van der Waals surface area (Å²) in [5.41, 5.74) is 3.14. The minimum absolute atomic E-state index is 0.341. The van der Waals surface area contributed by atoms with E-state index in [9.17, 15) is 9.90 Å². The normalized spacial score (nSPS) is 13.0. The van der Waals surface area contributed by atoms with Crippen LogP contribution in [-0.2, 0) is 11.3 Å². The number of rotatable bonds is 7. The first-order chi connectivity index (χ1) is 9.97.